The van der Waals surface area contributed by atoms with Crippen LogP contribution in [0.1, 0.15) is 22.6 Å². The third-order valence-corrected chi connectivity index (χ3v) is 5.18. The minimum atomic E-state index is -0.0713. The minimum Gasteiger partial charge on any atom is -0.306 e. The molecule has 8 nitrogen and oxygen atoms in total. The average Bonchev–Trinajstić information content (AvgIpc) is 3.04. The molecule has 140 valence electrons. The summed E-state index contributed by atoms with van der Waals surface area (Å²) in [4.78, 5) is 35.5. The van der Waals surface area contributed by atoms with Gasteiger partial charge in [0.05, 0.1) is 22.6 Å². The molecule has 5 heterocycles. The van der Waals surface area contributed by atoms with Crippen molar-refractivity contribution < 1.29 is 0 Å². The van der Waals surface area contributed by atoms with Crippen LogP contribution in [0.5, 0.6) is 0 Å². The van der Waals surface area contributed by atoms with Gasteiger partial charge in [0.1, 0.15) is 5.82 Å². The van der Waals surface area contributed by atoms with Gasteiger partial charge >= 0.3 is 0 Å². The number of aromatic amines is 1. The summed E-state index contributed by atoms with van der Waals surface area (Å²) in [5.74, 6) is 1.30. The highest BCUT2D eigenvalue weighted by molar-refractivity contribution is 5.54. The minimum absolute atomic E-state index is 0.0713. The lowest BCUT2D eigenvalue weighted by molar-refractivity contribution is 0.238. The lowest BCUT2D eigenvalue weighted by atomic mass is 10.1. The number of aromatic nitrogens is 6. The molecule has 8 heteroatoms. The van der Waals surface area contributed by atoms with Crippen LogP contribution in [0.15, 0.2) is 47.8 Å². The standard InChI is InChI=1S/C20H19N7O/c1-13-17(27-9-2-6-22-20(27)23-13)12-26-10-5-16-15(11-26)19(28)25-18(24-16)14-3-7-21-8-4-14/h2-4,6-9H,5,10-12H2,1H3,(H,24,25,28). The van der Waals surface area contributed by atoms with Gasteiger partial charge in [-0.25, -0.2) is 15.0 Å². The summed E-state index contributed by atoms with van der Waals surface area (Å²) >= 11 is 0. The van der Waals surface area contributed by atoms with E-state index in [1.807, 2.05) is 35.7 Å². The van der Waals surface area contributed by atoms with Gasteiger partial charge in [-0.05, 0) is 25.1 Å². The van der Waals surface area contributed by atoms with Gasteiger partial charge in [-0.2, -0.15) is 0 Å². The zero-order chi connectivity index (χ0) is 19.1. The Hall–Kier alpha value is -3.39. The van der Waals surface area contributed by atoms with Crippen molar-refractivity contribution >= 4 is 5.78 Å². The van der Waals surface area contributed by atoms with Crippen LogP contribution in [0.4, 0.5) is 0 Å². The van der Waals surface area contributed by atoms with Crippen molar-refractivity contribution in [3.05, 3.63) is 76.0 Å². The number of nitrogens with zero attached hydrogens (tertiary/aromatic N) is 6. The van der Waals surface area contributed by atoms with E-state index in [1.165, 1.54) is 0 Å². The van der Waals surface area contributed by atoms with Crippen molar-refractivity contribution in [2.75, 3.05) is 6.54 Å². The second-order valence-electron chi connectivity index (χ2n) is 6.97. The van der Waals surface area contributed by atoms with Crippen LogP contribution in [-0.4, -0.2) is 40.8 Å². The number of pyridine rings is 1. The SMILES string of the molecule is Cc1nc2ncccn2c1CN1CCc2nc(-c3ccncc3)[nH]c(=O)c2C1. The maximum Gasteiger partial charge on any atom is 0.255 e. The number of fused-ring (bicyclic) bond motifs is 2. The Balaban J connectivity index is 1.44. The predicted octanol–water partition coefficient (Wildman–Crippen LogP) is 1.74. The topological polar surface area (TPSA) is 92.1 Å². The molecule has 0 atom stereocenters. The van der Waals surface area contributed by atoms with E-state index in [4.69, 9.17) is 4.98 Å². The first-order valence-electron chi connectivity index (χ1n) is 9.22. The molecule has 0 amide bonds. The van der Waals surface area contributed by atoms with Gasteiger partial charge in [0.2, 0.25) is 5.78 Å². The molecule has 0 saturated heterocycles. The Morgan fingerprint density at radius 1 is 1.18 bits per heavy atom. The normalized spacial score (nSPS) is 14.3. The van der Waals surface area contributed by atoms with Crippen LogP contribution in [0.25, 0.3) is 17.2 Å². The van der Waals surface area contributed by atoms with Gasteiger partial charge < -0.3 is 4.98 Å². The smallest absolute Gasteiger partial charge is 0.255 e. The maximum atomic E-state index is 12.7. The molecule has 0 fully saturated rings. The first-order valence-corrected chi connectivity index (χ1v) is 9.22. The zero-order valence-corrected chi connectivity index (χ0v) is 15.5. The van der Waals surface area contributed by atoms with Gasteiger partial charge in [-0.1, -0.05) is 0 Å². The largest absolute Gasteiger partial charge is 0.306 e. The van der Waals surface area contributed by atoms with Crippen LogP contribution < -0.4 is 5.56 Å². The molecule has 0 bridgehead atoms. The summed E-state index contributed by atoms with van der Waals surface area (Å²) in [5, 5.41) is 0. The van der Waals surface area contributed by atoms with Crippen LogP contribution >= 0.6 is 0 Å². The second kappa shape index (κ2) is 6.65. The highest BCUT2D eigenvalue weighted by Crippen LogP contribution is 2.21. The molecule has 0 spiro atoms. The first kappa shape index (κ1) is 16.8. The first-order chi connectivity index (χ1) is 13.7. The van der Waals surface area contributed by atoms with Gasteiger partial charge in [0.15, 0.2) is 0 Å². The lowest BCUT2D eigenvalue weighted by Crippen LogP contribution is -2.35. The number of hydrogen-bond donors (Lipinski definition) is 1. The van der Waals surface area contributed by atoms with Crippen LogP contribution in [0, 0.1) is 6.92 Å². The van der Waals surface area contributed by atoms with E-state index in [0.29, 0.717) is 24.7 Å². The molecule has 0 aromatic carbocycles. The molecule has 0 aliphatic carbocycles. The van der Waals surface area contributed by atoms with Crippen molar-refractivity contribution in [3.8, 4) is 11.4 Å². The van der Waals surface area contributed by atoms with Crippen molar-refractivity contribution in [2.24, 2.45) is 0 Å². The molecule has 1 aliphatic heterocycles. The average molecular weight is 373 g/mol. The number of aryl methyl sites for hydroxylation is 1. The highest BCUT2D eigenvalue weighted by Gasteiger charge is 2.23. The number of rotatable bonds is 3. The fourth-order valence-electron chi connectivity index (χ4n) is 3.71. The van der Waals surface area contributed by atoms with E-state index >= 15 is 0 Å². The van der Waals surface area contributed by atoms with E-state index < -0.39 is 0 Å². The number of nitrogens with one attached hydrogen (secondary N) is 1. The lowest BCUT2D eigenvalue weighted by Gasteiger charge is -2.27. The number of hydrogen-bond acceptors (Lipinski definition) is 6. The van der Waals surface area contributed by atoms with Crippen molar-refractivity contribution in [2.45, 2.75) is 26.4 Å². The van der Waals surface area contributed by atoms with Gasteiger partial charge in [-0.15, -0.1) is 0 Å². The number of imidazole rings is 1. The summed E-state index contributed by atoms with van der Waals surface area (Å²) in [5.41, 5.74) is 4.48. The van der Waals surface area contributed by atoms with Crippen molar-refractivity contribution in [1.29, 1.82) is 0 Å². The molecule has 28 heavy (non-hydrogen) atoms. The van der Waals surface area contributed by atoms with Gasteiger partial charge in [0.25, 0.3) is 5.56 Å². The van der Waals surface area contributed by atoms with E-state index in [9.17, 15) is 4.79 Å². The Morgan fingerprint density at radius 2 is 2.04 bits per heavy atom. The van der Waals surface area contributed by atoms with E-state index in [-0.39, 0.29) is 5.56 Å². The Morgan fingerprint density at radius 3 is 2.89 bits per heavy atom. The van der Waals surface area contributed by atoms with E-state index in [2.05, 4.69) is 24.8 Å². The molecule has 0 saturated carbocycles. The molecule has 0 radical (unpaired) electrons. The molecule has 5 rings (SSSR count). The van der Waals surface area contributed by atoms with Crippen LogP contribution in [-0.2, 0) is 19.5 Å². The van der Waals surface area contributed by atoms with E-state index in [1.54, 1.807) is 18.6 Å². The zero-order valence-electron chi connectivity index (χ0n) is 15.5. The summed E-state index contributed by atoms with van der Waals surface area (Å²) < 4.78 is 2.01. The summed E-state index contributed by atoms with van der Waals surface area (Å²) in [6, 6.07) is 5.60. The fourth-order valence-corrected chi connectivity index (χ4v) is 3.71. The summed E-state index contributed by atoms with van der Waals surface area (Å²) in [7, 11) is 0. The highest BCUT2D eigenvalue weighted by atomic mass is 16.1. The van der Waals surface area contributed by atoms with Gasteiger partial charge in [0, 0.05) is 56.4 Å². The molecule has 1 aliphatic rings. The fraction of sp³-hybridized carbons (Fsp3) is 0.250. The van der Waals surface area contributed by atoms with Crippen LogP contribution in [0.2, 0.25) is 0 Å². The monoisotopic (exact) mass is 373 g/mol. The van der Waals surface area contributed by atoms with Gasteiger partial charge in [-0.3, -0.25) is 19.1 Å². The molecule has 4 aromatic rings. The maximum absolute atomic E-state index is 12.7. The Kier molecular flexibility index (Phi) is 3.98. The quantitative estimate of drug-likeness (QED) is 0.588. The third kappa shape index (κ3) is 2.87. The van der Waals surface area contributed by atoms with Crippen molar-refractivity contribution in [3.63, 3.8) is 0 Å². The molecular weight excluding hydrogens is 354 g/mol. The second-order valence-corrected chi connectivity index (χ2v) is 6.97. The van der Waals surface area contributed by atoms with E-state index in [0.717, 1.165) is 41.2 Å². The summed E-state index contributed by atoms with van der Waals surface area (Å²) in [6.07, 6.45) is 7.86. The van der Waals surface area contributed by atoms with Crippen LogP contribution in [0.3, 0.4) is 0 Å². The molecule has 1 N–H and O–H groups in total. The third-order valence-electron chi connectivity index (χ3n) is 5.18. The molecule has 0 unspecified atom stereocenters. The predicted molar refractivity (Wildman–Crippen MR) is 104 cm³/mol. The van der Waals surface area contributed by atoms with Crippen molar-refractivity contribution in [1.82, 2.24) is 34.2 Å². The number of H-pyrrole nitrogens is 1. The molecule has 4 aromatic heterocycles. The molecular formula is C20H19N7O. The Bertz CT molecular complexity index is 1210. The Labute approximate surface area is 161 Å². The summed E-state index contributed by atoms with van der Waals surface area (Å²) in [6.45, 7) is 4.12.